The van der Waals surface area contributed by atoms with Crippen LogP contribution in [0.4, 0.5) is 11.4 Å². The van der Waals surface area contributed by atoms with Crippen LogP contribution in [0.1, 0.15) is 63.0 Å². The second-order valence-electron chi connectivity index (χ2n) is 11.5. The van der Waals surface area contributed by atoms with E-state index in [9.17, 15) is 4.79 Å². The van der Waals surface area contributed by atoms with E-state index < -0.39 is 0 Å². The van der Waals surface area contributed by atoms with Crippen LogP contribution in [-0.2, 0) is 10.8 Å². The first-order valence-corrected chi connectivity index (χ1v) is 12.9. The number of carbonyl (C=O) groups excluding carboxylic acids is 1. The van der Waals surface area contributed by atoms with Gasteiger partial charge in [-0.3, -0.25) is 14.8 Å². The summed E-state index contributed by atoms with van der Waals surface area (Å²) in [5, 5.41) is 2.76. The summed E-state index contributed by atoms with van der Waals surface area (Å²) in [6.07, 6.45) is 6.69. The molecule has 0 atom stereocenters. The molecule has 4 N–H and O–H groups in total. The standard InChI is InChI=1S/C16H19N3O.C16H17N3/c1-16(2,3)12-6-4-11(5-7-12)15(20)19-14-10-18-9-8-13(14)17;1-16(2,3)12-6-4-11(5-7-12)15-18-13-8-9-17-10-14(13)19-15/h4-10H,1-3H3,(H2,17,18)(H,19,20);4-10H,1-3H3,(H,18,19). The molecule has 0 unspecified atom stereocenters. The quantitative estimate of drug-likeness (QED) is 0.234. The average Bonchev–Trinajstić information content (AvgIpc) is 3.34. The van der Waals surface area contributed by atoms with E-state index in [0.29, 0.717) is 16.9 Å². The Hall–Kier alpha value is -4.52. The molecule has 0 bridgehead atoms. The Morgan fingerprint density at radius 3 is 1.90 bits per heavy atom. The molecule has 0 aliphatic rings. The molecule has 5 aromatic rings. The van der Waals surface area contributed by atoms with Crippen molar-refractivity contribution in [2.24, 2.45) is 0 Å². The largest absolute Gasteiger partial charge is 0.397 e. The highest BCUT2D eigenvalue weighted by Crippen LogP contribution is 2.26. The van der Waals surface area contributed by atoms with Gasteiger partial charge in [0.15, 0.2) is 0 Å². The van der Waals surface area contributed by atoms with E-state index in [1.807, 2.05) is 30.3 Å². The van der Waals surface area contributed by atoms with Crippen molar-refractivity contribution in [2.75, 3.05) is 11.1 Å². The third kappa shape index (κ3) is 6.87. The maximum atomic E-state index is 12.1. The first kappa shape index (κ1) is 27.5. The fourth-order valence-corrected chi connectivity index (χ4v) is 3.95. The molecule has 0 spiro atoms. The molecule has 0 aliphatic heterocycles. The molecule has 7 heteroatoms. The summed E-state index contributed by atoms with van der Waals surface area (Å²) in [6, 6.07) is 19.7. The number of aromatic nitrogens is 4. The van der Waals surface area contributed by atoms with Crippen molar-refractivity contribution < 1.29 is 4.79 Å². The fourth-order valence-electron chi connectivity index (χ4n) is 3.95. The summed E-state index contributed by atoms with van der Waals surface area (Å²) in [6.45, 7) is 13.1. The van der Waals surface area contributed by atoms with Gasteiger partial charge in [0.2, 0.25) is 0 Å². The van der Waals surface area contributed by atoms with Gasteiger partial charge in [-0.05, 0) is 46.2 Å². The van der Waals surface area contributed by atoms with Gasteiger partial charge in [-0.25, -0.2) is 4.98 Å². The molecular weight excluding hydrogens is 484 g/mol. The third-order valence-corrected chi connectivity index (χ3v) is 6.42. The van der Waals surface area contributed by atoms with Crippen LogP contribution in [0.25, 0.3) is 22.4 Å². The molecule has 3 aromatic heterocycles. The van der Waals surface area contributed by atoms with Crippen molar-refractivity contribution in [2.45, 2.75) is 52.4 Å². The molecule has 7 nitrogen and oxygen atoms in total. The molecule has 2 aromatic carbocycles. The zero-order valence-electron chi connectivity index (χ0n) is 23.4. The van der Waals surface area contributed by atoms with E-state index in [4.69, 9.17) is 5.73 Å². The lowest BCUT2D eigenvalue weighted by molar-refractivity contribution is 0.102. The first-order valence-electron chi connectivity index (χ1n) is 12.9. The maximum Gasteiger partial charge on any atom is 0.255 e. The SMILES string of the molecule is CC(C)(C)c1ccc(-c2nc3ccncc3[nH]2)cc1.CC(C)(C)c1ccc(C(=O)Nc2cnccc2N)cc1. The number of nitrogens with one attached hydrogen (secondary N) is 2. The van der Waals surface area contributed by atoms with Crippen LogP contribution in [0.5, 0.6) is 0 Å². The van der Waals surface area contributed by atoms with Crippen LogP contribution in [-0.4, -0.2) is 25.8 Å². The predicted molar refractivity (Wildman–Crippen MR) is 160 cm³/mol. The Kier molecular flexibility index (Phi) is 7.81. The zero-order valence-corrected chi connectivity index (χ0v) is 23.4. The van der Waals surface area contributed by atoms with Crippen molar-refractivity contribution in [3.8, 4) is 11.4 Å². The Morgan fingerprint density at radius 1 is 0.769 bits per heavy atom. The van der Waals surface area contributed by atoms with E-state index >= 15 is 0 Å². The van der Waals surface area contributed by atoms with Crippen LogP contribution < -0.4 is 11.1 Å². The number of nitrogens with two attached hydrogens (primary N) is 1. The van der Waals surface area contributed by atoms with Crippen molar-refractivity contribution in [1.82, 2.24) is 19.9 Å². The molecular formula is C32H36N6O. The average molecular weight is 521 g/mol. The molecule has 200 valence electrons. The van der Waals surface area contributed by atoms with Gasteiger partial charge in [-0.1, -0.05) is 77.9 Å². The van der Waals surface area contributed by atoms with Gasteiger partial charge in [-0.15, -0.1) is 0 Å². The Balaban J connectivity index is 0.000000181. The molecule has 0 saturated heterocycles. The smallest absolute Gasteiger partial charge is 0.255 e. The number of nitrogen functional groups attached to an aromatic ring is 1. The van der Waals surface area contributed by atoms with Gasteiger partial charge in [-0.2, -0.15) is 0 Å². The van der Waals surface area contributed by atoms with Crippen molar-refractivity contribution in [1.29, 1.82) is 0 Å². The highest BCUT2D eigenvalue weighted by molar-refractivity contribution is 6.05. The number of aromatic amines is 1. The molecule has 3 heterocycles. The zero-order chi connectivity index (χ0) is 28.2. The molecule has 5 rings (SSSR count). The van der Waals surface area contributed by atoms with Gasteiger partial charge in [0.1, 0.15) is 5.82 Å². The topological polar surface area (TPSA) is 110 Å². The van der Waals surface area contributed by atoms with Crippen LogP contribution >= 0.6 is 0 Å². The molecule has 1 amide bonds. The number of carbonyl (C=O) groups is 1. The lowest BCUT2D eigenvalue weighted by Gasteiger charge is -2.19. The number of H-pyrrole nitrogens is 1. The van der Waals surface area contributed by atoms with E-state index in [-0.39, 0.29) is 16.7 Å². The fraction of sp³-hybridized carbons (Fsp3) is 0.250. The summed E-state index contributed by atoms with van der Waals surface area (Å²) in [5.74, 6) is 0.702. The predicted octanol–water partition coefficient (Wildman–Crippen LogP) is 7.14. The first-order chi connectivity index (χ1) is 18.4. The maximum absolute atomic E-state index is 12.1. The summed E-state index contributed by atoms with van der Waals surface area (Å²) < 4.78 is 0. The minimum absolute atomic E-state index is 0.0722. The van der Waals surface area contributed by atoms with Gasteiger partial charge < -0.3 is 16.0 Å². The lowest BCUT2D eigenvalue weighted by atomic mass is 9.86. The summed E-state index contributed by atoms with van der Waals surface area (Å²) in [4.78, 5) is 28.0. The minimum Gasteiger partial charge on any atom is -0.397 e. The van der Waals surface area contributed by atoms with Crippen LogP contribution in [0.2, 0.25) is 0 Å². The number of rotatable bonds is 3. The molecule has 0 aliphatic carbocycles. The van der Waals surface area contributed by atoms with Crippen molar-refractivity contribution in [3.63, 3.8) is 0 Å². The van der Waals surface area contributed by atoms with E-state index in [2.05, 4.69) is 91.1 Å². The molecule has 39 heavy (non-hydrogen) atoms. The highest BCUT2D eigenvalue weighted by atomic mass is 16.1. The number of nitrogens with zero attached hydrogens (tertiary/aromatic N) is 3. The molecule has 0 fully saturated rings. The van der Waals surface area contributed by atoms with Gasteiger partial charge in [0, 0.05) is 23.5 Å². The third-order valence-electron chi connectivity index (χ3n) is 6.42. The van der Waals surface area contributed by atoms with Crippen LogP contribution in [0.15, 0.2) is 85.5 Å². The lowest BCUT2D eigenvalue weighted by Crippen LogP contribution is -2.15. The number of pyridine rings is 2. The number of hydrogen-bond donors (Lipinski definition) is 3. The summed E-state index contributed by atoms with van der Waals surface area (Å²) in [5.41, 5.74) is 13.2. The highest BCUT2D eigenvalue weighted by Gasteiger charge is 2.15. The number of hydrogen-bond acceptors (Lipinski definition) is 5. The van der Waals surface area contributed by atoms with Crippen LogP contribution in [0, 0.1) is 0 Å². The normalized spacial score (nSPS) is 11.5. The summed E-state index contributed by atoms with van der Waals surface area (Å²) >= 11 is 0. The van der Waals surface area contributed by atoms with Crippen molar-refractivity contribution in [3.05, 3.63) is 102 Å². The number of fused-ring (bicyclic) bond motifs is 1. The van der Waals surface area contributed by atoms with Gasteiger partial charge >= 0.3 is 0 Å². The number of anilines is 2. The van der Waals surface area contributed by atoms with Crippen molar-refractivity contribution >= 4 is 28.3 Å². The Morgan fingerprint density at radius 2 is 1.33 bits per heavy atom. The second kappa shape index (κ2) is 11.1. The number of imidazole rings is 1. The molecule has 0 radical (unpaired) electrons. The van der Waals surface area contributed by atoms with Crippen LogP contribution in [0.3, 0.4) is 0 Å². The van der Waals surface area contributed by atoms with E-state index in [0.717, 1.165) is 22.4 Å². The minimum atomic E-state index is -0.190. The Labute approximate surface area is 229 Å². The number of benzene rings is 2. The van der Waals surface area contributed by atoms with Gasteiger partial charge in [0.25, 0.3) is 5.91 Å². The number of amides is 1. The van der Waals surface area contributed by atoms with E-state index in [1.165, 1.54) is 17.3 Å². The summed E-state index contributed by atoms with van der Waals surface area (Å²) in [7, 11) is 0. The Bertz CT molecular complexity index is 1520. The van der Waals surface area contributed by atoms with Gasteiger partial charge in [0.05, 0.1) is 34.8 Å². The van der Waals surface area contributed by atoms with E-state index in [1.54, 1.807) is 24.7 Å². The second-order valence-corrected chi connectivity index (χ2v) is 11.5. The molecule has 0 saturated carbocycles. The monoisotopic (exact) mass is 520 g/mol.